The van der Waals surface area contributed by atoms with Crippen LogP contribution in [0.3, 0.4) is 0 Å². The second-order valence-corrected chi connectivity index (χ2v) is 7.24. The summed E-state index contributed by atoms with van der Waals surface area (Å²) >= 11 is 0. The highest BCUT2D eigenvalue weighted by Gasteiger charge is 2.18. The van der Waals surface area contributed by atoms with Crippen LogP contribution in [0.5, 0.6) is 5.75 Å². The van der Waals surface area contributed by atoms with Gasteiger partial charge in [-0.05, 0) is 57.8 Å². The molecule has 2 heterocycles. The molecule has 0 aliphatic carbocycles. The van der Waals surface area contributed by atoms with Crippen molar-refractivity contribution in [2.24, 2.45) is 0 Å². The van der Waals surface area contributed by atoms with Crippen molar-refractivity contribution in [3.63, 3.8) is 0 Å². The Bertz CT molecular complexity index is 1030. The number of piperazine rings is 1. The van der Waals surface area contributed by atoms with Gasteiger partial charge in [-0.15, -0.1) is 12.4 Å². The third-order valence-electron chi connectivity index (χ3n) is 5.51. The minimum absolute atomic E-state index is 0. The summed E-state index contributed by atoms with van der Waals surface area (Å²) in [6.45, 7) is 4.07. The molecule has 2 aliphatic rings. The number of rotatable bonds is 2. The average molecular weight is 395 g/mol. The molecule has 0 spiro atoms. The largest absolute Gasteiger partial charge is 0.493 e. The Balaban J connectivity index is 0.00000192. The molecule has 0 saturated carbocycles. The summed E-state index contributed by atoms with van der Waals surface area (Å²) in [6.07, 6.45) is 0.980. The second kappa shape index (κ2) is 7.82. The maximum Gasteiger partial charge on any atom is 0.253 e. The van der Waals surface area contributed by atoms with Crippen LogP contribution in [0, 0.1) is 0 Å². The van der Waals surface area contributed by atoms with Gasteiger partial charge in [0.05, 0.1) is 6.61 Å². The first-order valence-electron chi connectivity index (χ1n) is 9.58. The Morgan fingerprint density at radius 3 is 2.46 bits per heavy atom. The Kier molecular flexibility index (Phi) is 5.25. The van der Waals surface area contributed by atoms with Gasteiger partial charge in [0.1, 0.15) is 5.75 Å². The van der Waals surface area contributed by atoms with E-state index in [1.54, 1.807) is 0 Å². The summed E-state index contributed by atoms with van der Waals surface area (Å²) < 4.78 is 5.61. The lowest BCUT2D eigenvalue weighted by Crippen LogP contribution is -2.46. The van der Waals surface area contributed by atoms with Crippen LogP contribution in [0.2, 0.25) is 0 Å². The number of nitrogens with zero attached hydrogens (tertiary/aromatic N) is 1. The minimum Gasteiger partial charge on any atom is -0.493 e. The van der Waals surface area contributed by atoms with E-state index in [9.17, 15) is 4.79 Å². The van der Waals surface area contributed by atoms with Crippen molar-refractivity contribution >= 4 is 29.1 Å². The zero-order valence-electron chi connectivity index (χ0n) is 15.6. The van der Waals surface area contributed by atoms with Crippen molar-refractivity contribution in [3.05, 3.63) is 65.7 Å². The van der Waals surface area contributed by atoms with Gasteiger partial charge >= 0.3 is 0 Å². The van der Waals surface area contributed by atoms with E-state index in [1.165, 1.54) is 16.7 Å². The number of carbonyl (C=O) groups is 1. The summed E-state index contributed by atoms with van der Waals surface area (Å²) in [5, 5.41) is 5.54. The van der Waals surface area contributed by atoms with Gasteiger partial charge in [0.2, 0.25) is 0 Å². The number of amides is 1. The van der Waals surface area contributed by atoms with Crippen molar-refractivity contribution in [2.75, 3.05) is 32.8 Å². The molecule has 144 valence electrons. The number of nitrogens with one attached hydrogen (secondary N) is 1. The molecule has 0 bridgehead atoms. The number of ether oxygens (including phenoxy) is 1. The van der Waals surface area contributed by atoms with Gasteiger partial charge in [-0.3, -0.25) is 4.79 Å². The van der Waals surface area contributed by atoms with Crippen LogP contribution in [0.1, 0.15) is 15.9 Å². The molecular formula is C23H23ClN2O2. The third kappa shape index (κ3) is 3.46. The normalized spacial score (nSPS) is 15.6. The van der Waals surface area contributed by atoms with E-state index < -0.39 is 0 Å². The Morgan fingerprint density at radius 2 is 1.61 bits per heavy atom. The second-order valence-electron chi connectivity index (χ2n) is 7.24. The van der Waals surface area contributed by atoms with Crippen molar-refractivity contribution in [1.29, 1.82) is 0 Å². The zero-order chi connectivity index (χ0) is 18.2. The SMILES string of the molecule is Cl.O=C(c1ccc2cc(-c3ccc4c(c3)CCO4)ccc2c1)N1CCNCC1. The van der Waals surface area contributed by atoms with Crippen molar-refractivity contribution in [1.82, 2.24) is 10.2 Å². The minimum atomic E-state index is 0. The smallest absolute Gasteiger partial charge is 0.253 e. The third-order valence-corrected chi connectivity index (χ3v) is 5.51. The van der Waals surface area contributed by atoms with E-state index in [1.807, 2.05) is 17.0 Å². The summed E-state index contributed by atoms with van der Waals surface area (Å²) in [5.41, 5.74) is 4.46. The Hall–Kier alpha value is -2.56. The predicted molar refractivity (Wildman–Crippen MR) is 115 cm³/mol. The summed E-state index contributed by atoms with van der Waals surface area (Å²) in [7, 11) is 0. The molecule has 3 aromatic carbocycles. The van der Waals surface area contributed by atoms with Gasteiger partial charge in [0, 0.05) is 38.2 Å². The number of carbonyl (C=O) groups excluding carboxylic acids is 1. The molecule has 1 N–H and O–H groups in total. The summed E-state index contributed by atoms with van der Waals surface area (Å²) in [6, 6.07) is 18.9. The zero-order valence-corrected chi connectivity index (χ0v) is 16.4. The maximum atomic E-state index is 12.7. The van der Waals surface area contributed by atoms with E-state index in [4.69, 9.17) is 4.74 Å². The standard InChI is InChI=1S/C23H22N2O2.ClH/c26-23(25-10-8-24-9-11-25)21-4-3-17-13-16(1-2-18(17)15-21)19-5-6-22-20(14-19)7-12-27-22;/h1-6,13-15,24H,7-12H2;1H. The predicted octanol–water partition coefficient (Wildman–Crippen LogP) is 3.91. The van der Waals surface area contributed by atoms with Crippen LogP contribution in [0.15, 0.2) is 54.6 Å². The van der Waals surface area contributed by atoms with Crippen molar-refractivity contribution < 1.29 is 9.53 Å². The van der Waals surface area contributed by atoms with Crippen LogP contribution in [-0.2, 0) is 6.42 Å². The lowest BCUT2D eigenvalue weighted by atomic mass is 9.98. The quantitative estimate of drug-likeness (QED) is 0.716. The average Bonchev–Trinajstić information content (AvgIpc) is 3.21. The molecule has 0 radical (unpaired) electrons. The number of hydrogen-bond acceptors (Lipinski definition) is 3. The van der Waals surface area contributed by atoms with E-state index in [0.29, 0.717) is 0 Å². The molecule has 3 aromatic rings. The molecule has 0 aromatic heterocycles. The lowest BCUT2D eigenvalue weighted by Gasteiger charge is -2.27. The first kappa shape index (κ1) is 18.8. The lowest BCUT2D eigenvalue weighted by molar-refractivity contribution is 0.0736. The van der Waals surface area contributed by atoms with Crippen LogP contribution >= 0.6 is 12.4 Å². The van der Waals surface area contributed by atoms with Crippen molar-refractivity contribution in [2.45, 2.75) is 6.42 Å². The van der Waals surface area contributed by atoms with Gasteiger partial charge in [-0.2, -0.15) is 0 Å². The number of fused-ring (bicyclic) bond motifs is 2. The number of benzene rings is 3. The topological polar surface area (TPSA) is 41.6 Å². The van der Waals surface area contributed by atoms with Crippen LogP contribution < -0.4 is 10.1 Å². The van der Waals surface area contributed by atoms with E-state index in [2.05, 4.69) is 47.8 Å². The van der Waals surface area contributed by atoms with Crippen LogP contribution in [0.4, 0.5) is 0 Å². The molecule has 4 nitrogen and oxygen atoms in total. The molecule has 0 unspecified atom stereocenters. The van der Waals surface area contributed by atoms with Gasteiger partial charge in [0.15, 0.2) is 0 Å². The van der Waals surface area contributed by atoms with Gasteiger partial charge in [-0.1, -0.05) is 24.3 Å². The van der Waals surface area contributed by atoms with Crippen LogP contribution in [-0.4, -0.2) is 43.6 Å². The summed E-state index contributed by atoms with van der Waals surface area (Å²) in [4.78, 5) is 14.7. The fourth-order valence-electron chi connectivity index (χ4n) is 3.97. The molecule has 2 aliphatic heterocycles. The van der Waals surface area contributed by atoms with Gasteiger partial charge < -0.3 is 15.0 Å². The van der Waals surface area contributed by atoms with Gasteiger partial charge in [0.25, 0.3) is 5.91 Å². The molecule has 1 fully saturated rings. The van der Waals surface area contributed by atoms with E-state index in [-0.39, 0.29) is 18.3 Å². The fourth-order valence-corrected chi connectivity index (χ4v) is 3.97. The molecule has 1 amide bonds. The highest BCUT2D eigenvalue weighted by atomic mass is 35.5. The number of hydrogen-bond donors (Lipinski definition) is 1. The molecular weight excluding hydrogens is 372 g/mol. The monoisotopic (exact) mass is 394 g/mol. The first-order chi connectivity index (χ1) is 13.3. The van der Waals surface area contributed by atoms with Crippen molar-refractivity contribution in [3.8, 4) is 16.9 Å². The van der Waals surface area contributed by atoms with Crippen LogP contribution in [0.25, 0.3) is 21.9 Å². The molecule has 5 heteroatoms. The molecule has 1 saturated heterocycles. The number of halogens is 1. The molecule has 0 atom stereocenters. The highest BCUT2D eigenvalue weighted by molar-refractivity contribution is 5.99. The fraction of sp³-hybridized carbons (Fsp3) is 0.261. The first-order valence-corrected chi connectivity index (χ1v) is 9.58. The van der Waals surface area contributed by atoms with E-state index in [0.717, 1.165) is 61.3 Å². The summed E-state index contributed by atoms with van der Waals surface area (Å²) in [5.74, 6) is 1.14. The van der Waals surface area contributed by atoms with E-state index >= 15 is 0 Å². The molecule has 28 heavy (non-hydrogen) atoms. The molecule has 5 rings (SSSR count). The highest BCUT2D eigenvalue weighted by Crippen LogP contribution is 2.32. The van der Waals surface area contributed by atoms with Gasteiger partial charge in [-0.25, -0.2) is 0 Å². The Morgan fingerprint density at radius 1 is 0.893 bits per heavy atom. The Labute approximate surface area is 170 Å². The maximum absolute atomic E-state index is 12.7.